The molecule has 3 nitrogen and oxygen atoms in total. The Morgan fingerprint density at radius 1 is 1.56 bits per heavy atom. The van der Waals surface area contributed by atoms with Crippen LogP contribution in [-0.2, 0) is 9.67 Å². The fraction of sp³-hybridized carbons (Fsp3) is 0.357. The molecule has 0 aromatic heterocycles. The van der Waals surface area contributed by atoms with Crippen molar-refractivity contribution in [3.63, 3.8) is 0 Å². The van der Waals surface area contributed by atoms with Gasteiger partial charge in [-0.25, -0.2) is 4.79 Å². The number of aryl methyl sites for hydroxylation is 1. The third kappa shape index (κ3) is 5.84. The quantitative estimate of drug-likeness (QED) is 0.652. The fourth-order valence-corrected chi connectivity index (χ4v) is 1.88. The number of hydrogen-bond acceptors (Lipinski definition) is 2. The van der Waals surface area contributed by atoms with Gasteiger partial charge >= 0.3 is 5.97 Å². The number of carbonyl (C=O) groups is 1. The molecule has 100 valence electrons. The van der Waals surface area contributed by atoms with Crippen molar-refractivity contribution in [3.8, 4) is 0 Å². The summed E-state index contributed by atoms with van der Waals surface area (Å²) in [5.74, 6) is -0.981. The Morgan fingerprint density at radius 3 is 2.44 bits per heavy atom. The van der Waals surface area contributed by atoms with Gasteiger partial charge in [-0.1, -0.05) is 30.8 Å². The van der Waals surface area contributed by atoms with E-state index in [1.54, 1.807) is 0 Å². The number of rotatable bonds is 4. The molecule has 1 aromatic carbocycles. The molecule has 0 amide bonds. The lowest BCUT2D eigenvalue weighted by Gasteiger charge is -2.23. The lowest BCUT2D eigenvalue weighted by Crippen LogP contribution is -2.19. The average molecular weight is 270 g/mol. The first-order chi connectivity index (χ1) is 8.35. The summed E-state index contributed by atoms with van der Waals surface area (Å²) in [5.41, 5.74) is 7.93. The van der Waals surface area contributed by atoms with Gasteiger partial charge in [0.1, 0.15) is 0 Å². The van der Waals surface area contributed by atoms with Gasteiger partial charge in [-0.2, -0.15) is 0 Å². The maximum Gasteiger partial charge on any atom is 0.327 e. The molecule has 0 fully saturated rings. The highest BCUT2D eigenvalue weighted by atomic mass is 35.5. The van der Waals surface area contributed by atoms with Crippen molar-refractivity contribution in [2.75, 3.05) is 6.54 Å². The number of carboxylic acids is 1. The summed E-state index contributed by atoms with van der Waals surface area (Å²) < 4.78 is 0. The van der Waals surface area contributed by atoms with Crippen molar-refractivity contribution < 1.29 is 9.90 Å². The smallest absolute Gasteiger partial charge is 0.327 e. The molecule has 0 aliphatic rings. The van der Waals surface area contributed by atoms with Crippen LogP contribution < -0.4 is 5.73 Å². The molecule has 0 spiro atoms. The Bertz CT molecular complexity index is 403. The Kier molecular flexibility index (Phi) is 7.32. The van der Waals surface area contributed by atoms with E-state index in [0.717, 1.165) is 12.5 Å². The highest BCUT2D eigenvalue weighted by Gasteiger charge is 2.23. The summed E-state index contributed by atoms with van der Waals surface area (Å²) in [6.45, 7) is 7.67. The van der Waals surface area contributed by atoms with Crippen LogP contribution in [0.1, 0.15) is 24.5 Å². The Morgan fingerprint density at radius 2 is 2.06 bits per heavy atom. The van der Waals surface area contributed by atoms with Crippen LogP contribution in [0, 0.1) is 6.92 Å². The van der Waals surface area contributed by atoms with Crippen LogP contribution in [0.15, 0.2) is 36.9 Å². The van der Waals surface area contributed by atoms with Gasteiger partial charge in [0, 0.05) is 6.08 Å². The van der Waals surface area contributed by atoms with Gasteiger partial charge in [-0.3, -0.25) is 0 Å². The molecule has 0 saturated heterocycles. The minimum Gasteiger partial charge on any atom is -0.478 e. The molecule has 0 aliphatic heterocycles. The van der Waals surface area contributed by atoms with Crippen LogP contribution >= 0.6 is 11.6 Å². The third-order valence-electron chi connectivity index (χ3n) is 2.50. The molecule has 4 heteroatoms. The first-order valence-electron chi connectivity index (χ1n) is 5.65. The van der Waals surface area contributed by atoms with Gasteiger partial charge in [-0.05, 0) is 37.9 Å². The topological polar surface area (TPSA) is 63.3 Å². The molecule has 0 bridgehead atoms. The average Bonchev–Trinajstić information content (AvgIpc) is 2.30. The predicted octanol–water partition coefficient (Wildman–Crippen LogP) is 3.05. The van der Waals surface area contributed by atoms with E-state index in [-0.39, 0.29) is 4.87 Å². The van der Waals surface area contributed by atoms with Crippen molar-refractivity contribution in [1.29, 1.82) is 0 Å². The van der Waals surface area contributed by atoms with Crippen LogP contribution in [0.25, 0.3) is 0 Å². The van der Waals surface area contributed by atoms with Gasteiger partial charge in [0.05, 0.1) is 4.87 Å². The zero-order valence-corrected chi connectivity index (χ0v) is 11.6. The van der Waals surface area contributed by atoms with Gasteiger partial charge in [-0.15, -0.1) is 11.6 Å². The minimum absolute atomic E-state index is 0.319. The maximum atomic E-state index is 9.25. The second-order valence-electron chi connectivity index (χ2n) is 4.09. The second kappa shape index (κ2) is 7.90. The molecule has 0 radical (unpaired) electrons. The molecule has 0 aliphatic carbocycles. The van der Waals surface area contributed by atoms with E-state index in [9.17, 15) is 4.79 Å². The Labute approximate surface area is 113 Å². The van der Waals surface area contributed by atoms with E-state index in [2.05, 4.69) is 25.6 Å². The third-order valence-corrected chi connectivity index (χ3v) is 2.89. The number of halogens is 1. The lowest BCUT2D eigenvalue weighted by atomic mass is 9.93. The van der Waals surface area contributed by atoms with Crippen molar-refractivity contribution in [3.05, 3.63) is 48.0 Å². The molecule has 0 saturated carbocycles. The summed E-state index contributed by atoms with van der Waals surface area (Å²) >= 11 is 6.39. The molecule has 1 atom stereocenters. The van der Waals surface area contributed by atoms with Crippen molar-refractivity contribution >= 4 is 17.6 Å². The first kappa shape index (κ1) is 16.7. The zero-order valence-electron chi connectivity index (χ0n) is 10.8. The number of benzene rings is 1. The Balaban J connectivity index is 0.000000494. The van der Waals surface area contributed by atoms with E-state index in [1.807, 2.05) is 19.1 Å². The lowest BCUT2D eigenvalue weighted by molar-refractivity contribution is -0.131. The predicted molar refractivity (Wildman–Crippen MR) is 75.9 cm³/mol. The van der Waals surface area contributed by atoms with E-state index >= 15 is 0 Å². The van der Waals surface area contributed by atoms with Gasteiger partial charge < -0.3 is 10.8 Å². The van der Waals surface area contributed by atoms with E-state index in [0.29, 0.717) is 6.54 Å². The molecular weight excluding hydrogens is 250 g/mol. The molecule has 0 heterocycles. The maximum absolute atomic E-state index is 9.25. The summed E-state index contributed by atoms with van der Waals surface area (Å²) in [5, 5.41) is 7.60. The van der Waals surface area contributed by atoms with Gasteiger partial charge in [0.15, 0.2) is 0 Å². The number of aliphatic carboxylic acids is 1. The number of nitrogens with two attached hydrogens (primary N) is 1. The molecule has 18 heavy (non-hydrogen) atoms. The number of hydrogen-bond donors (Lipinski definition) is 2. The fourth-order valence-electron chi connectivity index (χ4n) is 1.56. The van der Waals surface area contributed by atoms with Crippen LogP contribution in [0.2, 0.25) is 0 Å². The summed E-state index contributed by atoms with van der Waals surface area (Å²) in [4.78, 5) is 8.93. The SMILES string of the molecule is C=CC(=O)O.Cc1ccccc1C(C)(Cl)CCN. The molecule has 1 aromatic rings. The van der Waals surface area contributed by atoms with E-state index in [4.69, 9.17) is 22.4 Å². The summed E-state index contributed by atoms with van der Waals surface area (Å²) in [6.07, 6.45) is 1.64. The van der Waals surface area contributed by atoms with Crippen molar-refractivity contribution in [2.45, 2.75) is 25.1 Å². The highest BCUT2D eigenvalue weighted by molar-refractivity contribution is 6.23. The Hall–Kier alpha value is -1.32. The summed E-state index contributed by atoms with van der Waals surface area (Å²) in [7, 11) is 0. The van der Waals surface area contributed by atoms with Gasteiger partial charge in [0.25, 0.3) is 0 Å². The van der Waals surface area contributed by atoms with Crippen LogP contribution in [-0.4, -0.2) is 17.6 Å². The van der Waals surface area contributed by atoms with Crippen LogP contribution in [0.5, 0.6) is 0 Å². The molecule has 3 N–H and O–H groups in total. The number of carboxylic acid groups (broad SMARTS) is 1. The molecular formula is C14H20ClNO2. The largest absolute Gasteiger partial charge is 0.478 e. The number of alkyl halides is 1. The standard InChI is InChI=1S/C11H16ClN.C3H4O2/c1-9-5-3-4-6-10(9)11(2,12)7-8-13;1-2-3(4)5/h3-6H,7-8,13H2,1-2H3;2H,1H2,(H,4,5). The first-order valence-corrected chi connectivity index (χ1v) is 6.03. The van der Waals surface area contributed by atoms with Crippen LogP contribution in [0.4, 0.5) is 0 Å². The zero-order chi connectivity index (χ0) is 14.2. The van der Waals surface area contributed by atoms with Crippen molar-refractivity contribution in [1.82, 2.24) is 0 Å². The molecule has 1 unspecified atom stereocenters. The van der Waals surface area contributed by atoms with Crippen LogP contribution in [0.3, 0.4) is 0 Å². The minimum atomic E-state index is -0.981. The molecule has 1 rings (SSSR count). The highest BCUT2D eigenvalue weighted by Crippen LogP contribution is 2.33. The van der Waals surface area contributed by atoms with E-state index in [1.165, 1.54) is 11.1 Å². The normalized spacial score (nSPS) is 12.9. The van der Waals surface area contributed by atoms with Crippen molar-refractivity contribution in [2.24, 2.45) is 5.73 Å². The monoisotopic (exact) mass is 269 g/mol. The van der Waals surface area contributed by atoms with Gasteiger partial charge in [0.2, 0.25) is 0 Å². The second-order valence-corrected chi connectivity index (χ2v) is 4.93. The van der Waals surface area contributed by atoms with E-state index < -0.39 is 5.97 Å². The summed E-state index contributed by atoms with van der Waals surface area (Å²) in [6, 6.07) is 8.18.